The lowest BCUT2D eigenvalue weighted by molar-refractivity contribution is 0.0643. The van der Waals surface area contributed by atoms with E-state index in [-0.39, 0.29) is 5.33 Å². The molecule has 11 heteroatoms. The fourth-order valence-corrected chi connectivity index (χ4v) is 3.40. The van der Waals surface area contributed by atoms with Crippen LogP contribution in [0, 0.1) is 0 Å². The largest absolute Gasteiger partial charge is 0.389 e. The highest BCUT2D eigenvalue weighted by atomic mass is 79.9. The van der Waals surface area contributed by atoms with E-state index in [4.69, 9.17) is 19.6 Å². The summed E-state index contributed by atoms with van der Waals surface area (Å²) in [4.78, 5) is 34.8. The van der Waals surface area contributed by atoms with Crippen LogP contribution >= 0.6 is 31.1 Å². The summed E-state index contributed by atoms with van der Waals surface area (Å²) in [6, 6.07) is 0. The third-order valence-corrected chi connectivity index (χ3v) is 7.17. The Bertz CT molecular complexity index is 339. The molecule has 104 valence electrons. The molecule has 0 spiro atoms. The molecule has 17 heavy (non-hydrogen) atoms. The molecular weight excluding hydrogens is 345 g/mol. The summed E-state index contributed by atoms with van der Waals surface area (Å²) in [5.74, 6) is 0. The quantitative estimate of drug-likeness (QED) is 0.351. The zero-order valence-electron chi connectivity index (χ0n) is 8.82. The summed E-state index contributed by atoms with van der Waals surface area (Å²) < 4.78 is 35.5. The van der Waals surface area contributed by atoms with Crippen LogP contribution in [0.4, 0.5) is 4.39 Å². The van der Waals surface area contributed by atoms with Crippen molar-refractivity contribution in [3.05, 3.63) is 0 Å². The van der Waals surface area contributed by atoms with Gasteiger partial charge < -0.3 is 24.7 Å². The van der Waals surface area contributed by atoms with Gasteiger partial charge in [-0.1, -0.05) is 15.9 Å². The molecule has 0 amide bonds. The minimum atomic E-state index is -5.66. The number of rotatable bonds is 6. The van der Waals surface area contributed by atoms with E-state index in [9.17, 15) is 18.6 Å². The summed E-state index contributed by atoms with van der Waals surface area (Å²) in [7, 11) is -11.3. The molecule has 0 bridgehead atoms. The van der Waals surface area contributed by atoms with E-state index >= 15 is 0 Å². The van der Waals surface area contributed by atoms with Crippen LogP contribution in [-0.4, -0.2) is 40.8 Å². The Morgan fingerprint density at radius 3 is 1.71 bits per heavy atom. The average molecular weight is 359 g/mol. The molecule has 0 aromatic carbocycles. The zero-order chi connectivity index (χ0) is 14.1. The molecule has 0 rings (SSSR count). The maximum absolute atomic E-state index is 13.8. The second-order valence-corrected chi connectivity index (χ2v) is 8.44. The van der Waals surface area contributed by atoms with Gasteiger partial charge in [-0.3, -0.25) is 9.13 Å². The Labute approximate surface area is 105 Å². The number of halogens is 2. The van der Waals surface area contributed by atoms with Gasteiger partial charge in [0.25, 0.3) is 0 Å². The topological polar surface area (TPSA) is 135 Å². The second kappa shape index (κ2) is 5.35. The third-order valence-electron chi connectivity index (χ3n) is 2.16. The molecular formula is C6H14BrFO7P2. The van der Waals surface area contributed by atoms with Gasteiger partial charge in [0.05, 0.1) is 5.60 Å². The molecule has 0 saturated carbocycles. The summed E-state index contributed by atoms with van der Waals surface area (Å²) in [5, 5.41) is 5.50. The van der Waals surface area contributed by atoms with Crippen molar-refractivity contribution < 1.29 is 38.2 Å². The highest BCUT2D eigenvalue weighted by Crippen LogP contribution is 2.72. The highest BCUT2D eigenvalue weighted by Gasteiger charge is 2.61. The van der Waals surface area contributed by atoms with E-state index in [1.807, 2.05) is 0 Å². The van der Waals surface area contributed by atoms with E-state index in [2.05, 4.69) is 15.9 Å². The Morgan fingerprint density at radius 1 is 1.12 bits per heavy atom. The first-order chi connectivity index (χ1) is 7.27. The number of hydrogen-bond donors (Lipinski definition) is 5. The monoisotopic (exact) mass is 358 g/mol. The lowest BCUT2D eigenvalue weighted by Gasteiger charge is -2.29. The summed E-state index contributed by atoms with van der Waals surface area (Å²) >= 11 is 2.88. The van der Waals surface area contributed by atoms with E-state index in [1.54, 1.807) is 0 Å². The molecule has 0 aliphatic carbocycles. The first-order valence-electron chi connectivity index (χ1n) is 4.35. The normalized spacial score (nSPS) is 17.9. The molecule has 5 N–H and O–H groups in total. The molecule has 0 aromatic heterocycles. The van der Waals surface area contributed by atoms with Crippen LogP contribution in [-0.2, 0) is 9.13 Å². The van der Waals surface area contributed by atoms with Crippen LogP contribution in [0.3, 0.4) is 0 Å². The van der Waals surface area contributed by atoms with Crippen LogP contribution in [0.2, 0.25) is 0 Å². The minimum Gasteiger partial charge on any atom is -0.389 e. The summed E-state index contributed by atoms with van der Waals surface area (Å²) in [6.45, 7) is 1.24. The van der Waals surface area contributed by atoms with E-state index in [1.165, 1.54) is 6.92 Å². The predicted molar refractivity (Wildman–Crippen MR) is 61.6 cm³/mol. The van der Waals surface area contributed by atoms with Crippen molar-refractivity contribution in [3.8, 4) is 0 Å². The molecule has 1 atom stereocenters. The molecule has 0 saturated heterocycles. The second-order valence-electron chi connectivity index (χ2n) is 3.94. The van der Waals surface area contributed by atoms with Crippen molar-refractivity contribution in [2.45, 2.75) is 30.5 Å². The van der Waals surface area contributed by atoms with Gasteiger partial charge in [0.1, 0.15) is 0 Å². The highest BCUT2D eigenvalue weighted by molar-refractivity contribution is 9.09. The third kappa shape index (κ3) is 4.36. The van der Waals surface area contributed by atoms with Crippen molar-refractivity contribution in [1.82, 2.24) is 0 Å². The van der Waals surface area contributed by atoms with Crippen LogP contribution in [0.5, 0.6) is 0 Å². The molecule has 0 aliphatic heterocycles. The summed E-state index contributed by atoms with van der Waals surface area (Å²) in [6.07, 6.45) is -1.68. The molecule has 0 radical (unpaired) electrons. The molecule has 1 unspecified atom stereocenters. The van der Waals surface area contributed by atoms with Gasteiger partial charge >= 0.3 is 20.3 Å². The van der Waals surface area contributed by atoms with Gasteiger partial charge in [0, 0.05) is 11.8 Å². The van der Waals surface area contributed by atoms with Crippen LogP contribution < -0.4 is 0 Å². The maximum Gasteiger partial charge on any atom is 0.375 e. The van der Waals surface area contributed by atoms with Crippen LogP contribution in [0.25, 0.3) is 0 Å². The van der Waals surface area contributed by atoms with Gasteiger partial charge in [-0.05, 0) is 13.3 Å². The van der Waals surface area contributed by atoms with Crippen molar-refractivity contribution in [3.63, 3.8) is 0 Å². The van der Waals surface area contributed by atoms with Crippen molar-refractivity contribution in [2.24, 2.45) is 0 Å². The SMILES string of the molecule is CC(O)(CBr)CCC(F)(P(=O)(O)O)P(=O)(O)O. The standard InChI is InChI=1S/C6H14BrFO7P2/c1-5(9,4-7)2-3-6(8,16(10,11)12)17(13,14)15/h9H,2-4H2,1H3,(H2,10,11,12)(H2,13,14,15). The fraction of sp³-hybridized carbons (Fsp3) is 1.00. The predicted octanol–water partition coefficient (Wildman–Crippen LogP) is 0.891. The van der Waals surface area contributed by atoms with Crippen molar-refractivity contribution in [1.29, 1.82) is 0 Å². The Morgan fingerprint density at radius 2 is 1.47 bits per heavy atom. The molecule has 7 nitrogen and oxygen atoms in total. The fourth-order valence-electron chi connectivity index (χ4n) is 0.956. The first kappa shape index (κ1) is 17.7. The van der Waals surface area contributed by atoms with Gasteiger partial charge in [-0.25, -0.2) is 4.39 Å². The van der Waals surface area contributed by atoms with Crippen LogP contribution in [0.15, 0.2) is 0 Å². The Hall–Kier alpha value is 0.670. The van der Waals surface area contributed by atoms with E-state index in [0.29, 0.717) is 0 Å². The smallest absolute Gasteiger partial charge is 0.375 e. The zero-order valence-corrected chi connectivity index (χ0v) is 12.2. The lowest BCUT2D eigenvalue weighted by atomic mass is 10.0. The maximum atomic E-state index is 13.8. The average Bonchev–Trinajstić information content (AvgIpc) is 2.10. The van der Waals surface area contributed by atoms with E-state index < -0.39 is 38.8 Å². The van der Waals surface area contributed by atoms with E-state index in [0.717, 1.165) is 0 Å². The first-order valence-corrected chi connectivity index (χ1v) is 8.70. The number of alkyl halides is 2. The molecule has 0 aromatic rings. The van der Waals surface area contributed by atoms with Gasteiger partial charge in [-0.15, -0.1) is 0 Å². The van der Waals surface area contributed by atoms with Gasteiger partial charge in [0.2, 0.25) is 0 Å². The Balaban J connectivity index is 5.16. The molecule has 0 aliphatic rings. The summed E-state index contributed by atoms with van der Waals surface area (Å²) in [5.41, 5.74) is -1.53. The minimum absolute atomic E-state index is 0.0294. The van der Waals surface area contributed by atoms with Crippen LogP contribution in [0.1, 0.15) is 19.8 Å². The lowest BCUT2D eigenvalue weighted by Crippen LogP contribution is -2.31. The van der Waals surface area contributed by atoms with Crippen molar-refractivity contribution in [2.75, 3.05) is 5.33 Å². The van der Waals surface area contributed by atoms with Crippen molar-refractivity contribution >= 4 is 31.1 Å². The number of aliphatic hydroxyl groups is 1. The molecule has 0 heterocycles. The van der Waals surface area contributed by atoms with Gasteiger partial charge in [0.15, 0.2) is 0 Å². The Kier molecular flexibility index (Phi) is 5.56. The number of hydrogen-bond acceptors (Lipinski definition) is 3. The molecule has 0 fully saturated rings. The van der Waals surface area contributed by atoms with Gasteiger partial charge in [-0.2, -0.15) is 0 Å².